The van der Waals surface area contributed by atoms with Crippen molar-refractivity contribution < 1.29 is 0 Å². The summed E-state index contributed by atoms with van der Waals surface area (Å²) >= 11 is 0. The third-order valence-corrected chi connectivity index (χ3v) is 3.62. The summed E-state index contributed by atoms with van der Waals surface area (Å²) in [5, 5.41) is 0. The maximum atomic E-state index is 5.99. The fourth-order valence-corrected chi connectivity index (χ4v) is 2.45. The van der Waals surface area contributed by atoms with Crippen LogP contribution in [0.1, 0.15) is 19.0 Å². The molecule has 0 aliphatic carbocycles. The van der Waals surface area contributed by atoms with Crippen molar-refractivity contribution in [3.8, 4) is 11.4 Å². The molecule has 2 aromatic heterocycles. The fraction of sp³-hybridized carbons (Fsp3) is 0.400. The second kappa shape index (κ2) is 5.54. The zero-order valence-electron chi connectivity index (χ0n) is 11.7. The zero-order chi connectivity index (χ0) is 13.9. The number of hydrogen-bond acceptors (Lipinski definition) is 5. The third kappa shape index (κ3) is 2.63. The van der Waals surface area contributed by atoms with Crippen LogP contribution in [0.5, 0.6) is 0 Å². The van der Waals surface area contributed by atoms with Crippen LogP contribution in [0.3, 0.4) is 0 Å². The Kier molecular flexibility index (Phi) is 3.60. The number of aryl methyl sites for hydroxylation is 1. The molecular weight excluding hydrogens is 250 g/mol. The number of nitrogens with zero attached hydrogens (tertiary/aromatic N) is 4. The highest BCUT2D eigenvalue weighted by molar-refractivity contribution is 5.57. The zero-order valence-corrected chi connectivity index (χ0v) is 11.7. The molecule has 2 aromatic rings. The van der Waals surface area contributed by atoms with Crippen LogP contribution in [-0.2, 0) is 6.42 Å². The molecule has 3 rings (SSSR count). The molecule has 0 spiro atoms. The molecule has 1 saturated heterocycles. The molecule has 1 fully saturated rings. The van der Waals surface area contributed by atoms with E-state index in [1.165, 1.54) is 0 Å². The number of anilines is 1. The van der Waals surface area contributed by atoms with Crippen LogP contribution < -0.4 is 10.6 Å². The van der Waals surface area contributed by atoms with E-state index in [-0.39, 0.29) is 6.04 Å². The normalized spacial score (nSPS) is 18.5. The number of pyridine rings is 1. The monoisotopic (exact) mass is 269 g/mol. The van der Waals surface area contributed by atoms with Gasteiger partial charge in [-0.1, -0.05) is 6.92 Å². The van der Waals surface area contributed by atoms with E-state index < -0.39 is 0 Å². The summed E-state index contributed by atoms with van der Waals surface area (Å²) in [5.41, 5.74) is 8.05. The van der Waals surface area contributed by atoms with Gasteiger partial charge >= 0.3 is 0 Å². The summed E-state index contributed by atoms with van der Waals surface area (Å²) in [6.07, 6.45) is 5.45. The Hall–Kier alpha value is -2.01. The lowest BCUT2D eigenvalue weighted by atomic mass is 10.2. The number of hydrogen-bond donors (Lipinski definition) is 1. The first-order chi connectivity index (χ1) is 9.76. The van der Waals surface area contributed by atoms with E-state index in [0.717, 1.165) is 48.8 Å². The molecular formula is C15H19N5. The summed E-state index contributed by atoms with van der Waals surface area (Å²) in [4.78, 5) is 15.6. The Bertz CT molecular complexity index is 584. The molecule has 0 saturated carbocycles. The Balaban J connectivity index is 1.99. The average molecular weight is 269 g/mol. The highest BCUT2D eigenvalue weighted by atomic mass is 15.2. The van der Waals surface area contributed by atoms with Gasteiger partial charge < -0.3 is 10.6 Å². The lowest BCUT2D eigenvalue weighted by Gasteiger charge is -2.18. The summed E-state index contributed by atoms with van der Waals surface area (Å²) in [7, 11) is 0. The summed E-state index contributed by atoms with van der Waals surface area (Å²) in [6, 6.07) is 6.20. The maximum Gasteiger partial charge on any atom is 0.161 e. The van der Waals surface area contributed by atoms with Gasteiger partial charge in [-0.25, -0.2) is 9.97 Å². The lowest BCUT2D eigenvalue weighted by molar-refractivity contribution is 0.751. The van der Waals surface area contributed by atoms with Gasteiger partial charge in [-0.15, -0.1) is 0 Å². The van der Waals surface area contributed by atoms with Crippen molar-refractivity contribution in [1.29, 1.82) is 0 Å². The van der Waals surface area contributed by atoms with E-state index in [4.69, 9.17) is 10.7 Å². The van der Waals surface area contributed by atoms with Crippen molar-refractivity contribution in [2.45, 2.75) is 25.8 Å². The van der Waals surface area contributed by atoms with Gasteiger partial charge in [-0.05, 0) is 25.0 Å². The van der Waals surface area contributed by atoms with Gasteiger partial charge in [0, 0.05) is 48.8 Å². The molecule has 104 valence electrons. The van der Waals surface area contributed by atoms with E-state index in [1.807, 2.05) is 12.1 Å². The minimum absolute atomic E-state index is 0.249. The molecule has 20 heavy (non-hydrogen) atoms. The van der Waals surface area contributed by atoms with E-state index in [0.29, 0.717) is 0 Å². The number of nitrogens with two attached hydrogens (primary N) is 1. The first-order valence-corrected chi connectivity index (χ1v) is 7.05. The quantitative estimate of drug-likeness (QED) is 0.917. The van der Waals surface area contributed by atoms with Crippen molar-refractivity contribution in [3.05, 3.63) is 36.3 Å². The lowest BCUT2D eigenvalue weighted by Crippen LogP contribution is -2.27. The smallest absolute Gasteiger partial charge is 0.161 e. The highest BCUT2D eigenvalue weighted by Crippen LogP contribution is 2.22. The predicted octanol–water partition coefficient (Wildman–Crippen LogP) is 1.64. The average Bonchev–Trinajstić information content (AvgIpc) is 2.94. The van der Waals surface area contributed by atoms with E-state index in [1.54, 1.807) is 12.4 Å². The van der Waals surface area contributed by atoms with Gasteiger partial charge in [0.05, 0.1) is 0 Å². The van der Waals surface area contributed by atoms with E-state index in [2.05, 4.69) is 27.9 Å². The molecule has 2 N–H and O–H groups in total. The van der Waals surface area contributed by atoms with Gasteiger partial charge in [0.25, 0.3) is 0 Å². The van der Waals surface area contributed by atoms with Crippen LogP contribution in [0.15, 0.2) is 30.6 Å². The van der Waals surface area contributed by atoms with Crippen LogP contribution in [0.4, 0.5) is 5.82 Å². The molecule has 5 heteroatoms. The molecule has 1 aliphatic rings. The van der Waals surface area contributed by atoms with Crippen molar-refractivity contribution in [1.82, 2.24) is 15.0 Å². The van der Waals surface area contributed by atoms with Crippen LogP contribution in [0.25, 0.3) is 11.4 Å². The minimum atomic E-state index is 0.249. The minimum Gasteiger partial charge on any atom is -0.355 e. The molecule has 1 atom stereocenters. The standard InChI is InChI=1S/C15H19N5/c1-2-13-9-14(20-8-5-12(16)10-20)19-15(18-13)11-3-6-17-7-4-11/h3-4,6-7,9,12H,2,5,8,10,16H2,1H3. The fourth-order valence-electron chi connectivity index (χ4n) is 2.45. The molecule has 1 aliphatic heterocycles. The first kappa shape index (κ1) is 13.0. The Morgan fingerprint density at radius 1 is 1.30 bits per heavy atom. The topological polar surface area (TPSA) is 67.9 Å². The molecule has 5 nitrogen and oxygen atoms in total. The number of rotatable bonds is 3. The molecule has 0 amide bonds. The Morgan fingerprint density at radius 3 is 2.75 bits per heavy atom. The molecule has 1 unspecified atom stereocenters. The second-order valence-electron chi connectivity index (χ2n) is 5.13. The van der Waals surface area contributed by atoms with Crippen LogP contribution in [0.2, 0.25) is 0 Å². The van der Waals surface area contributed by atoms with Crippen molar-refractivity contribution in [2.75, 3.05) is 18.0 Å². The molecule has 0 radical (unpaired) electrons. The van der Waals surface area contributed by atoms with Crippen LogP contribution in [-0.4, -0.2) is 34.1 Å². The SMILES string of the molecule is CCc1cc(N2CCC(N)C2)nc(-c2ccncc2)n1. The van der Waals surface area contributed by atoms with E-state index >= 15 is 0 Å². The van der Waals surface area contributed by atoms with Crippen molar-refractivity contribution >= 4 is 5.82 Å². The van der Waals surface area contributed by atoms with Gasteiger partial charge in [0.1, 0.15) is 5.82 Å². The summed E-state index contributed by atoms with van der Waals surface area (Å²) in [5.74, 6) is 1.75. The van der Waals surface area contributed by atoms with Crippen molar-refractivity contribution in [2.24, 2.45) is 5.73 Å². The van der Waals surface area contributed by atoms with Crippen molar-refractivity contribution in [3.63, 3.8) is 0 Å². The predicted molar refractivity (Wildman–Crippen MR) is 79.4 cm³/mol. The van der Waals surface area contributed by atoms with Crippen LogP contribution in [0, 0.1) is 0 Å². The van der Waals surface area contributed by atoms with Crippen LogP contribution >= 0.6 is 0 Å². The van der Waals surface area contributed by atoms with Gasteiger partial charge in [-0.3, -0.25) is 4.98 Å². The molecule has 0 bridgehead atoms. The van der Waals surface area contributed by atoms with Gasteiger partial charge in [0.2, 0.25) is 0 Å². The van der Waals surface area contributed by atoms with Gasteiger partial charge in [0.15, 0.2) is 5.82 Å². The van der Waals surface area contributed by atoms with Gasteiger partial charge in [-0.2, -0.15) is 0 Å². The molecule has 0 aromatic carbocycles. The Labute approximate surface area is 118 Å². The number of aromatic nitrogens is 3. The highest BCUT2D eigenvalue weighted by Gasteiger charge is 2.21. The molecule has 3 heterocycles. The Morgan fingerprint density at radius 2 is 2.10 bits per heavy atom. The largest absolute Gasteiger partial charge is 0.355 e. The van der Waals surface area contributed by atoms with E-state index in [9.17, 15) is 0 Å². The summed E-state index contributed by atoms with van der Waals surface area (Å²) in [6.45, 7) is 3.95. The third-order valence-electron chi connectivity index (χ3n) is 3.62. The maximum absolute atomic E-state index is 5.99. The second-order valence-corrected chi connectivity index (χ2v) is 5.13. The first-order valence-electron chi connectivity index (χ1n) is 7.05. The summed E-state index contributed by atoms with van der Waals surface area (Å²) < 4.78 is 0.